The maximum absolute atomic E-state index is 4.19. The van der Waals surface area contributed by atoms with Gasteiger partial charge in [-0.2, -0.15) is 0 Å². The fourth-order valence-electron chi connectivity index (χ4n) is 2.48. The molecule has 0 atom stereocenters. The van der Waals surface area contributed by atoms with Crippen LogP contribution in [0, 0.1) is 0 Å². The number of fused-ring (bicyclic) bond motifs is 2. The first kappa shape index (κ1) is 13.4. The minimum Gasteiger partial charge on any atom is -0.0990 e. The second-order valence-electron chi connectivity index (χ2n) is 4.81. The van der Waals surface area contributed by atoms with Crippen molar-refractivity contribution in [1.29, 1.82) is 0 Å². The normalized spacial score (nSPS) is 28.7. The zero-order valence-corrected chi connectivity index (χ0v) is 11.7. The van der Waals surface area contributed by atoms with Crippen molar-refractivity contribution < 1.29 is 0 Å². The molecule has 2 bridgehead atoms. The van der Waals surface area contributed by atoms with E-state index in [1.54, 1.807) is 0 Å². The van der Waals surface area contributed by atoms with E-state index in [-0.39, 0.29) is 0 Å². The van der Waals surface area contributed by atoms with Crippen LogP contribution in [0.15, 0.2) is 95.2 Å². The highest BCUT2D eigenvalue weighted by Gasteiger charge is 2.16. The monoisotopic (exact) mass is 248 g/mol. The molecule has 0 saturated carbocycles. The minimum atomic E-state index is 0.980. The van der Waals surface area contributed by atoms with E-state index in [1.807, 2.05) is 12.2 Å². The van der Waals surface area contributed by atoms with E-state index in [0.717, 1.165) is 17.6 Å². The van der Waals surface area contributed by atoms with Crippen molar-refractivity contribution in [2.75, 3.05) is 0 Å². The predicted octanol–water partition coefficient (Wildman–Crippen LogP) is 5.37. The van der Waals surface area contributed by atoms with Crippen LogP contribution in [-0.4, -0.2) is 0 Å². The SMILES string of the molecule is C=C/C=C1/C(=C)/C=C\C(C)=C2\C=CC=C(C2)/C1=C/C. The fourth-order valence-corrected chi connectivity index (χ4v) is 2.48. The molecule has 0 radical (unpaired) electrons. The second kappa shape index (κ2) is 5.71. The lowest BCUT2D eigenvalue weighted by Crippen LogP contribution is -1.99. The highest BCUT2D eigenvalue weighted by molar-refractivity contribution is 5.63. The maximum Gasteiger partial charge on any atom is -0.00171 e. The van der Waals surface area contributed by atoms with Crippen molar-refractivity contribution in [3.63, 3.8) is 0 Å². The lowest BCUT2D eigenvalue weighted by atomic mass is 9.87. The topological polar surface area (TPSA) is 0 Å². The molecule has 0 heterocycles. The Morgan fingerprint density at radius 2 is 1.95 bits per heavy atom. The molecule has 2 aliphatic rings. The van der Waals surface area contributed by atoms with Crippen molar-refractivity contribution in [3.8, 4) is 0 Å². The van der Waals surface area contributed by atoms with Gasteiger partial charge in [-0.25, -0.2) is 0 Å². The second-order valence-corrected chi connectivity index (χ2v) is 4.81. The quantitative estimate of drug-likeness (QED) is 0.585. The molecule has 0 N–H and O–H groups in total. The predicted molar refractivity (Wildman–Crippen MR) is 84.9 cm³/mol. The van der Waals surface area contributed by atoms with Crippen LogP contribution in [0.25, 0.3) is 0 Å². The zero-order valence-electron chi connectivity index (χ0n) is 11.7. The first-order valence-electron chi connectivity index (χ1n) is 6.61. The molecule has 2 aliphatic carbocycles. The highest BCUT2D eigenvalue weighted by Crippen LogP contribution is 2.34. The molecule has 0 aromatic carbocycles. The summed E-state index contributed by atoms with van der Waals surface area (Å²) in [6, 6.07) is 0. The van der Waals surface area contributed by atoms with E-state index in [4.69, 9.17) is 0 Å². The lowest BCUT2D eigenvalue weighted by molar-refractivity contribution is 1.12. The van der Waals surface area contributed by atoms with Crippen LogP contribution >= 0.6 is 0 Å². The van der Waals surface area contributed by atoms with Crippen LogP contribution in [0.2, 0.25) is 0 Å². The van der Waals surface area contributed by atoms with E-state index < -0.39 is 0 Å². The van der Waals surface area contributed by atoms with Gasteiger partial charge in [-0.1, -0.05) is 61.8 Å². The summed E-state index contributed by atoms with van der Waals surface area (Å²) in [7, 11) is 0. The lowest BCUT2D eigenvalue weighted by Gasteiger charge is -2.18. The molecule has 96 valence electrons. The maximum atomic E-state index is 4.19. The Labute approximate surface area is 116 Å². The zero-order chi connectivity index (χ0) is 13.8. The molecular formula is C19H20. The molecule has 0 nitrogen and oxygen atoms in total. The van der Waals surface area contributed by atoms with Gasteiger partial charge in [0.15, 0.2) is 0 Å². The van der Waals surface area contributed by atoms with Gasteiger partial charge in [0, 0.05) is 0 Å². The average Bonchev–Trinajstić information content (AvgIpc) is 2.46. The van der Waals surface area contributed by atoms with Crippen molar-refractivity contribution >= 4 is 0 Å². The molecule has 2 rings (SSSR count). The third-order valence-electron chi connectivity index (χ3n) is 3.57. The van der Waals surface area contributed by atoms with Gasteiger partial charge >= 0.3 is 0 Å². The Kier molecular flexibility index (Phi) is 4.01. The molecule has 0 spiro atoms. The molecule has 0 heteroatoms. The van der Waals surface area contributed by atoms with Gasteiger partial charge in [-0.15, -0.1) is 0 Å². The molecule has 0 aromatic rings. The summed E-state index contributed by atoms with van der Waals surface area (Å²) in [6.45, 7) is 12.2. The van der Waals surface area contributed by atoms with Crippen molar-refractivity contribution in [2.24, 2.45) is 0 Å². The first-order chi connectivity index (χ1) is 9.17. The van der Waals surface area contributed by atoms with Crippen LogP contribution in [-0.2, 0) is 0 Å². The fraction of sp³-hybridized carbons (Fsp3) is 0.158. The van der Waals surface area contributed by atoms with Gasteiger partial charge in [0.25, 0.3) is 0 Å². The molecule has 0 amide bonds. The third kappa shape index (κ3) is 2.68. The molecule has 0 aliphatic heterocycles. The van der Waals surface area contributed by atoms with E-state index in [1.165, 1.54) is 22.3 Å². The van der Waals surface area contributed by atoms with E-state index in [0.29, 0.717) is 0 Å². The Morgan fingerprint density at radius 1 is 1.16 bits per heavy atom. The molecule has 0 unspecified atom stereocenters. The molecule has 0 aromatic heterocycles. The summed E-state index contributed by atoms with van der Waals surface area (Å²) in [4.78, 5) is 0. The van der Waals surface area contributed by atoms with Gasteiger partial charge in [0.2, 0.25) is 0 Å². The van der Waals surface area contributed by atoms with Crippen molar-refractivity contribution in [3.05, 3.63) is 95.2 Å². The Bertz CT molecular complexity index is 596. The van der Waals surface area contributed by atoms with E-state index in [9.17, 15) is 0 Å². The van der Waals surface area contributed by atoms with Crippen LogP contribution < -0.4 is 0 Å². The highest BCUT2D eigenvalue weighted by atomic mass is 14.2. The summed E-state index contributed by atoms with van der Waals surface area (Å²) < 4.78 is 0. The summed E-state index contributed by atoms with van der Waals surface area (Å²) >= 11 is 0. The standard InChI is InChI=1S/C19H20/c1-5-8-19-15(4)12-11-14(3)16-9-7-10-17(13-16)18(19)6-2/h5-12H,1,4,13H2,2-3H3/b12-11-,16-14-,18-6-,19-8-. The van der Waals surface area contributed by atoms with E-state index >= 15 is 0 Å². The van der Waals surface area contributed by atoms with Gasteiger partial charge in [-0.3, -0.25) is 0 Å². The van der Waals surface area contributed by atoms with Crippen LogP contribution in [0.4, 0.5) is 0 Å². The van der Waals surface area contributed by atoms with Gasteiger partial charge in [-0.05, 0) is 53.7 Å². The molecule has 0 saturated heterocycles. The van der Waals surface area contributed by atoms with Crippen molar-refractivity contribution in [1.82, 2.24) is 0 Å². The van der Waals surface area contributed by atoms with Crippen LogP contribution in [0.1, 0.15) is 20.3 Å². The summed E-state index contributed by atoms with van der Waals surface area (Å²) in [5.41, 5.74) is 7.47. The number of hydrogen-bond donors (Lipinski definition) is 0. The number of allylic oxidation sites excluding steroid dienone is 14. The summed E-state index contributed by atoms with van der Waals surface area (Å²) in [5, 5.41) is 0. The Morgan fingerprint density at radius 3 is 2.63 bits per heavy atom. The largest absolute Gasteiger partial charge is 0.0990 e. The minimum absolute atomic E-state index is 0.980. The van der Waals surface area contributed by atoms with Gasteiger partial charge < -0.3 is 0 Å². The van der Waals surface area contributed by atoms with Gasteiger partial charge in [0.05, 0.1) is 0 Å². The summed E-state index contributed by atoms with van der Waals surface area (Å²) in [5.74, 6) is 0. The average molecular weight is 248 g/mol. The van der Waals surface area contributed by atoms with Crippen LogP contribution in [0.3, 0.4) is 0 Å². The Balaban J connectivity index is 2.65. The smallest absolute Gasteiger partial charge is 0.00171 e. The number of rotatable bonds is 1. The van der Waals surface area contributed by atoms with E-state index in [2.05, 4.69) is 63.5 Å². The summed E-state index contributed by atoms with van der Waals surface area (Å²) in [6.07, 6.45) is 17.8. The van der Waals surface area contributed by atoms with Crippen molar-refractivity contribution in [2.45, 2.75) is 20.3 Å². The third-order valence-corrected chi connectivity index (χ3v) is 3.57. The van der Waals surface area contributed by atoms with Gasteiger partial charge in [0.1, 0.15) is 0 Å². The molecule has 19 heavy (non-hydrogen) atoms. The van der Waals surface area contributed by atoms with Crippen LogP contribution in [0.5, 0.6) is 0 Å². The first-order valence-corrected chi connectivity index (χ1v) is 6.61. The Hall–Kier alpha value is -2.08. The number of hydrogen-bond acceptors (Lipinski definition) is 0. The molecule has 0 fully saturated rings. The molecular weight excluding hydrogens is 228 g/mol.